The predicted octanol–water partition coefficient (Wildman–Crippen LogP) is 4.75. The van der Waals surface area contributed by atoms with Crippen LogP contribution in [-0.2, 0) is 4.74 Å². The maximum Gasteiger partial charge on any atom is 0.341 e. The third-order valence-electron chi connectivity index (χ3n) is 3.90. The lowest BCUT2D eigenvalue weighted by molar-refractivity contribution is 0.0603. The van der Waals surface area contributed by atoms with E-state index in [0.717, 1.165) is 21.8 Å². The number of aryl methyl sites for hydroxylation is 1. The van der Waals surface area contributed by atoms with Crippen molar-refractivity contribution in [1.82, 2.24) is 0 Å². The van der Waals surface area contributed by atoms with Crippen LogP contribution in [0, 0.1) is 6.92 Å². The van der Waals surface area contributed by atoms with Gasteiger partial charge in [0.15, 0.2) is 5.76 Å². The molecule has 0 aliphatic carbocycles. The fraction of sp³-hybridized carbons (Fsp3) is 0.200. The van der Waals surface area contributed by atoms with Gasteiger partial charge in [-0.05, 0) is 43.7 Å². The van der Waals surface area contributed by atoms with Crippen LogP contribution in [0.2, 0.25) is 0 Å². The molecule has 2 heterocycles. The molecule has 0 bridgehead atoms. The molecule has 140 valence electrons. The molecule has 7 heteroatoms. The number of carbonyl (C=O) groups is 2. The second-order valence-electron chi connectivity index (χ2n) is 5.62. The minimum atomic E-state index is -0.516. The normalized spacial score (nSPS) is 10.5. The van der Waals surface area contributed by atoms with Gasteiger partial charge in [0, 0.05) is 10.4 Å². The molecule has 0 saturated heterocycles. The third kappa shape index (κ3) is 3.88. The Labute approximate surface area is 160 Å². The minimum absolute atomic E-state index is 0.166. The largest absolute Gasteiger partial charge is 0.494 e. The summed E-state index contributed by atoms with van der Waals surface area (Å²) in [5.74, 6) is -0.0257. The third-order valence-corrected chi connectivity index (χ3v) is 4.92. The van der Waals surface area contributed by atoms with Gasteiger partial charge in [-0.15, -0.1) is 11.3 Å². The lowest BCUT2D eigenvalue weighted by Crippen LogP contribution is -2.13. The van der Waals surface area contributed by atoms with E-state index >= 15 is 0 Å². The monoisotopic (exact) mass is 385 g/mol. The number of hydrogen-bond acceptors (Lipinski definition) is 6. The summed E-state index contributed by atoms with van der Waals surface area (Å²) in [4.78, 5) is 25.7. The highest BCUT2D eigenvalue weighted by Crippen LogP contribution is 2.41. The number of nitrogens with one attached hydrogen (secondary N) is 1. The zero-order chi connectivity index (χ0) is 19.4. The molecule has 0 spiro atoms. The molecule has 1 N–H and O–H groups in total. The summed E-state index contributed by atoms with van der Waals surface area (Å²) < 4.78 is 15.5. The van der Waals surface area contributed by atoms with Crippen LogP contribution in [0.3, 0.4) is 0 Å². The Morgan fingerprint density at radius 1 is 1.19 bits per heavy atom. The fourth-order valence-corrected chi connectivity index (χ4v) is 3.79. The Morgan fingerprint density at radius 2 is 1.93 bits per heavy atom. The molecule has 0 saturated carbocycles. The summed E-state index contributed by atoms with van der Waals surface area (Å²) in [7, 11) is 1.31. The molecular weight excluding hydrogens is 366 g/mol. The van der Waals surface area contributed by atoms with Crippen LogP contribution in [0.4, 0.5) is 5.00 Å². The van der Waals surface area contributed by atoms with Crippen LogP contribution >= 0.6 is 11.3 Å². The highest BCUT2D eigenvalue weighted by atomic mass is 32.1. The number of rotatable bonds is 6. The maximum atomic E-state index is 12.5. The van der Waals surface area contributed by atoms with Gasteiger partial charge in [-0.1, -0.05) is 12.1 Å². The second kappa shape index (κ2) is 8.09. The zero-order valence-electron chi connectivity index (χ0n) is 15.2. The van der Waals surface area contributed by atoms with Crippen molar-refractivity contribution in [2.24, 2.45) is 0 Å². The van der Waals surface area contributed by atoms with Crippen molar-refractivity contribution in [1.29, 1.82) is 0 Å². The van der Waals surface area contributed by atoms with Crippen molar-refractivity contribution in [3.8, 4) is 16.9 Å². The van der Waals surface area contributed by atoms with Crippen LogP contribution in [0.1, 0.15) is 32.7 Å². The number of carbonyl (C=O) groups excluding carboxylic acids is 2. The van der Waals surface area contributed by atoms with Crippen LogP contribution in [-0.4, -0.2) is 25.6 Å². The first-order valence-electron chi connectivity index (χ1n) is 8.35. The lowest BCUT2D eigenvalue weighted by Gasteiger charge is -2.09. The molecule has 0 atom stereocenters. The van der Waals surface area contributed by atoms with Crippen molar-refractivity contribution >= 4 is 28.2 Å². The molecule has 27 heavy (non-hydrogen) atoms. The highest BCUT2D eigenvalue weighted by Gasteiger charge is 2.25. The molecule has 1 amide bonds. The molecule has 0 unspecified atom stereocenters. The van der Waals surface area contributed by atoms with E-state index in [1.54, 1.807) is 12.1 Å². The van der Waals surface area contributed by atoms with Crippen LogP contribution < -0.4 is 10.1 Å². The number of amides is 1. The summed E-state index contributed by atoms with van der Waals surface area (Å²) in [6.45, 7) is 4.39. The van der Waals surface area contributed by atoms with Crippen molar-refractivity contribution < 1.29 is 23.5 Å². The van der Waals surface area contributed by atoms with Gasteiger partial charge in [-0.3, -0.25) is 4.79 Å². The van der Waals surface area contributed by atoms with E-state index in [9.17, 15) is 9.59 Å². The molecule has 0 radical (unpaired) electrons. The number of benzene rings is 1. The first kappa shape index (κ1) is 18.7. The topological polar surface area (TPSA) is 77.8 Å². The number of esters is 1. The smallest absolute Gasteiger partial charge is 0.341 e. The first-order chi connectivity index (χ1) is 13.0. The molecule has 1 aromatic carbocycles. The number of furan rings is 1. The van der Waals surface area contributed by atoms with Crippen LogP contribution in [0.15, 0.2) is 47.1 Å². The van der Waals surface area contributed by atoms with Crippen molar-refractivity contribution in [2.45, 2.75) is 13.8 Å². The summed E-state index contributed by atoms with van der Waals surface area (Å²) in [6, 6.07) is 10.6. The van der Waals surface area contributed by atoms with Gasteiger partial charge in [0.25, 0.3) is 5.91 Å². The number of anilines is 1. The lowest BCUT2D eigenvalue weighted by atomic mass is 10.0. The SMILES string of the molecule is CCOc1ccc(-c2c(C)sc(NC(=O)c3ccco3)c2C(=O)OC)cc1. The predicted molar refractivity (Wildman–Crippen MR) is 104 cm³/mol. The Balaban J connectivity index is 2.02. The van der Waals surface area contributed by atoms with Crippen molar-refractivity contribution in [2.75, 3.05) is 19.0 Å². The summed E-state index contributed by atoms with van der Waals surface area (Å²) in [5, 5.41) is 3.17. The Morgan fingerprint density at radius 3 is 2.52 bits per heavy atom. The van der Waals surface area contributed by atoms with Crippen LogP contribution in [0.5, 0.6) is 5.75 Å². The molecule has 6 nitrogen and oxygen atoms in total. The maximum absolute atomic E-state index is 12.5. The van der Waals surface area contributed by atoms with E-state index in [4.69, 9.17) is 13.9 Å². The van der Waals surface area contributed by atoms with Crippen molar-refractivity contribution in [3.05, 3.63) is 58.9 Å². The highest BCUT2D eigenvalue weighted by molar-refractivity contribution is 7.17. The van der Waals surface area contributed by atoms with E-state index < -0.39 is 11.9 Å². The van der Waals surface area contributed by atoms with Crippen LogP contribution in [0.25, 0.3) is 11.1 Å². The standard InChI is InChI=1S/C20H19NO5S/c1-4-25-14-9-7-13(8-10-14)16-12(2)27-19(17(16)20(23)24-3)21-18(22)15-6-5-11-26-15/h5-11H,4H2,1-3H3,(H,21,22). The molecule has 3 rings (SSSR count). The number of hydrogen-bond donors (Lipinski definition) is 1. The average molecular weight is 385 g/mol. The average Bonchev–Trinajstić information content (AvgIpc) is 3.30. The van der Waals surface area contributed by atoms with E-state index in [1.165, 1.54) is 24.7 Å². The van der Waals surface area contributed by atoms with Gasteiger partial charge in [-0.25, -0.2) is 4.79 Å². The van der Waals surface area contributed by atoms with E-state index in [0.29, 0.717) is 17.2 Å². The molecule has 0 aliphatic heterocycles. The Hall–Kier alpha value is -3.06. The fourth-order valence-electron chi connectivity index (χ4n) is 2.73. The summed E-state index contributed by atoms with van der Waals surface area (Å²) in [5.41, 5.74) is 1.89. The second-order valence-corrected chi connectivity index (χ2v) is 6.84. The quantitative estimate of drug-likeness (QED) is 0.619. The molecule has 2 aromatic heterocycles. The van der Waals surface area contributed by atoms with E-state index in [1.807, 2.05) is 38.1 Å². The summed E-state index contributed by atoms with van der Waals surface area (Å²) in [6.07, 6.45) is 1.42. The molecule has 0 fully saturated rings. The summed E-state index contributed by atoms with van der Waals surface area (Å²) >= 11 is 1.31. The van der Waals surface area contributed by atoms with Gasteiger partial charge in [0.2, 0.25) is 0 Å². The van der Waals surface area contributed by atoms with Gasteiger partial charge in [-0.2, -0.15) is 0 Å². The number of methoxy groups -OCH3 is 1. The Kier molecular flexibility index (Phi) is 5.61. The van der Waals surface area contributed by atoms with Gasteiger partial charge in [0.1, 0.15) is 16.3 Å². The van der Waals surface area contributed by atoms with E-state index in [-0.39, 0.29) is 5.76 Å². The van der Waals surface area contributed by atoms with E-state index in [2.05, 4.69) is 5.32 Å². The number of thiophene rings is 1. The first-order valence-corrected chi connectivity index (χ1v) is 9.16. The van der Waals surface area contributed by atoms with Gasteiger partial charge < -0.3 is 19.2 Å². The molecule has 0 aliphatic rings. The zero-order valence-corrected chi connectivity index (χ0v) is 16.0. The number of ether oxygens (including phenoxy) is 2. The van der Waals surface area contributed by atoms with Crippen molar-refractivity contribution in [3.63, 3.8) is 0 Å². The molecule has 3 aromatic rings. The minimum Gasteiger partial charge on any atom is -0.494 e. The van der Waals surface area contributed by atoms with Gasteiger partial charge >= 0.3 is 5.97 Å². The molecular formula is C20H19NO5S. The Bertz CT molecular complexity index is 942. The van der Waals surface area contributed by atoms with Gasteiger partial charge in [0.05, 0.1) is 20.0 Å².